The largest absolute Gasteiger partial charge is 0.492 e. The van der Waals surface area contributed by atoms with Gasteiger partial charge < -0.3 is 10.1 Å². The molecular formula is C14H20BrClN2O3S. The van der Waals surface area contributed by atoms with Gasteiger partial charge in [-0.15, -0.1) is 12.4 Å². The highest BCUT2D eigenvalue weighted by Gasteiger charge is 2.31. The van der Waals surface area contributed by atoms with E-state index in [0.29, 0.717) is 24.8 Å². The summed E-state index contributed by atoms with van der Waals surface area (Å²) in [5.74, 6) is 0.823. The predicted octanol–water partition coefficient (Wildman–Crippen LogP) is 2.08. The van der Waals surface area contributed by atoms with Crippen LogP contribution in [0.3, 0.4) is 0 Å². The van der Waals surface area contributed by atoms with Gasteiger partial charge in [-0.05, 0) is 31.0 Å². The smallest absolute Gasteiger partial charge is 0.244 e. The summed E-state index contributed by atoms with van der Waals surface area (Å²) in [5, 5.41) is 3.24. The zero-order valence-electron chi connectivity index (χ0n) is 12.3. The molecule has 0 bridgehead atoms. The van der Waals surface area contributed by atoms with Gasteiger partial charge in [-0.2, -0.15) is 0 Å². The molecule has 0 amide bonds. The minimum absolute atomic E-state index is 0. The van der Waals surface area contributed by atoms with Crippen LogP contribution < -0.4 is 14.8 Å². The lowest BCUT2D eigenvalue weighted by atomic mass is 9.96. The molecule has 1 aromatic carbocycles. The Labute approximate surface area is 145 Å². The number of ether oxygens (including phenoxy) is 1. The number of sulfonamides is 1. The van der Waals surface area contributed by atoms with E-state index in [9.17, 15) is 8.42 Å². The monoisotopic (exact) mass is 410 g/mol. The van der Waals surface area contributed by atoms with Crippen LogP contribution in [0.5, 0.6) is 5.75 Å². The van der Waals surface area contributed by atoms with Crippen molar-refractivity contribution >= 4 is 38.4 Å². The Bertz CT molecular complexity index is 654. The van der Waals surface area contributed by atoms with E-state index in [0.717, 1.165) is 29.4 Å². The van der Waals surface area contributed by atoms with Crippen molar-refractivity contribution in [1.29, 1.82) is 0 Å². The topological polar surface area (TPSA) is 67.4 Å². The van der Waals surface area contributed by atoms with E-state index in [1.165, 1.54) is 0 Å². The van der Waals surface area contributed by atoms with Gasteiger partial charge in [0.25, 0.3) is 0 Å². The fourth-order valence-corrected chi connectivity index (χ4v) is 5.06. The molecule has 2 aliphatic rings. The molecule has 0 spiro atoms. The van der Waals surface area contributed by atoms with Gasteiger partial charge in [0.1, 0.15) is 10.6 Å². The third kappa shape index (κ3) is 3.59. The van der Waals surface area contributed by atoms with Crippen LogP contribution in [0.4, 0.5) is 0 Å². The first-order chi connectivity index (χ1) is 9.97. The number of hydrogen-bond donors (Lipinski definition) is 2. The van der Waals surface area contributed by atoms with Crippen molar-refractivity contribution in [3.8, 4) is 5.75 Å². The number of rotatable bonds is 3. The van der Waals surface area contributed by atoms with Crippen LogP contribution in [0, 0.1) is 5.92 Å². The normalized spacial score (nSPS) is 24.3. The van der Waals surface area contributed by atoms with Crippen molar-refractivity contribution in [2.45, 2.75) is 30.7 Å². The van der Waals surface area contributed by atoms with Gasteiger partial charge >= 0.3 is 0 Å². The Kier molecular flexibility index (Phi) is 5.77. The fraction of sp³-hybridized carbons (Fsp3) is 0.571. The number of nitrogens with one attached hydrogen (secondary N) is 2. The SMILES string of the molecule is CC1CCNCC1NS(=O)(=O)c1cc(Br)cc2c1OCC2.Cl. The van der Waals surface area contributed by atoms with Gasteiger partial charge in [0, 0.05) is 29.0 Å². The molecule has 0 aliphatic carbocycles. The van der Waals surface area contributed by atoms with E-state index in [1.54, 1.807) is 6.07 Å². The number of hydrogen-bond acceptors (Lipinski definition) is 4. The molecule has 22 heavy (non-hydrogen) atoms. The molecule has 5 nitrogen and oxygen atoms in total. The lowest BCUT2D eigenvalue weighted by Gasteiger charge is -2.30. The zero-order chi connectivity index (χ0) is 15.0. The first-order valence-corrected chi connectivity index (χ1v) is 9.43. The molecule has 2 aliphatic heterocycles. The summed E-state index contributed by atoms with van der Waals surface area (Å²) < 4.78 is 34.6. The molecule has 1 saturated heterocycles. The van der Waals surface area contributed by atoms with Crippen LogP contribution in [-0.4, -0.2) is 34.2 Å². The minimum atomic E-state index is -3.59. The first-order valence-electron chi connectivity index (χ1n) is 7.15. The quantitative estimate of drug-likeness (QED) is 0.799. The maximum atomic E-state index is 12.7. The van der Waals surface area contributed by atoms with Crippen LogP contribution in [0.15, 0.2) is 21.5 Å². The van der Waals surface area contributed by atoms with Gasteiger partial charge in [0.05, 0.1) is 6.61 Å². The van der Waals surface area contributed by atoms with Crippen LogP contribution in [0.25, 0.3) is 0 Å². The summed E-state index contributed by atoms with van der Waals surface area (Å²) in [7, 11) is -3.59. The van der Waals surface area contributed by atoms with Crippen molar-refractivity contribution in [2.75, 3.05) is 19.7 Å². The third-order valence-corrected chi connectivity index (χ3v) is 6.09. The summed E-state index contributed by atoms with van der Waals surface area (Å²) in [5.41, 5.74) is 0.944. The molecule has 3 rings (SSSR count). The van der Waals surface area contributed by atoms with Crippen molar-refractivity contribution in [3.63, 3.8) is 0 Å². The summed E-state index contributed by atoms with van der Waals surface area (Å²) in [6, 6.07) is 3.46. The third-order valence-electron chi connectivity index (χ3n) is 4.14. The second-order valence-corrected chi connectivity index (χ2v) is 8.29. The number of benzene rings is 1. The summed E-state index contributed by atoms with van der Waals surface area (Å²) in [6.07, 6.45) is 1.72. The van der Waals surface area contributed by atoms with Gasteiger partial charge in [0.15, 0.2) is 0 Å². The predicted molar refractivity (Wildman–Crippen MR) is 91.3 cm³/mol. The van der Waals surface area contributed by atoms with E-state index in [1.807, 2.05) is 6.07 Å². The number of halogens is 2. The Morgan fingerprint density at radius 2 is 2.18 bits per heavy atom. The average Bonchev–Trinajstić information content (AvgIpc) is 2.88. The molecule has 124 valence electrons. The maximum Gasteiger partial charge on any atom is 0.244 e. The van der Waals surface area contributed by atoms with E-state index >= 15 is 0 Å². The lowest BCUT2D eigenvalue weighted by Crippen LogP contribution is -2.50. The summed E-state index contributed by atoms with van der Waals surface area (Å²) in [6.45, 7) is 4.22. The maximum absolute atomic E-state index is 12.7. The second kappa shape index (κ2) is 7.05. The Balaban J connectivity index is 0.00000176. The standard InChI is InChI=1S/C14H19BrN2O3S.ClH/c1-9-2-4-16-8-12(9)17-21(18,19)13-7-11(15)6-10-3-5-20-14(10)13;/h6-7,9,12,16-17H,2-5,8H2,1H3;1H. The molecule has 1 aromatic rings. The average molecular weight is 412 g/mol. The fourth-order valence-electron chi connectivity index (χ4n) is 2.85. The summed E-state index contributed by atoms with van der Waals surface area (Å²) in [4.78, 5) is 0.238. The second-order valence-electron chi connectivity index (χ2n) is 5.69. The highest BCUT2D eigenvalue weighted by molar-refractivity contribution is 9.10. The summed E-state index contributed by atoms with van der Waals surface area (Å²) >= 11 is 3.39. The molecule has 2 atom stereocenters. The molecule has 0 saturated carbocycles. The molecule has 2 heterocycles. The highest BCUT2D eigenvalue weighted by Crippen LogP contribution is 2.36. The van der Waals surface area contributed by atoms with E-state index in [4.69, 9.17) is 4.74 Å². The van der Waals surface area contributed by atoms with Crippen LogP contribution in [-0.2, 0) is 16.4 Å². The van der Waals surface area contributed by atoms with E-state index < -0.39 is 10.0 Å². The van der Waals surface area contributed by atoms with E-state index in [-0.39, 0.29) is 23.3 Å². The van der Waals surface area contributed by atoms with Crippen molar-refractivity contribution in [2.24, 2.45) is 5.92 Å². The zero-order valence-corrected chi connectivity index (χ0v) is 15.5. The minimum Gasteiger partial charge on any atom is -0.492 e. The molecule has 2 unspecified atom stereocenters. The molecule has 8 heteroatoms. The van der Waals surface area contributed by atoms with Crippen molar-refractivity contribution < 1.29 is 13.2 Å². The number of piperidine rings is 1. The van der Waals surface area contributed by atoms with Crippen LogP contribution in [0.1, 0.15) is 18.9 Å². The van der Waals surface area contributed by atoms with Gasteiger partial charge in [-0.3, -0.25) is 0 Å². The van der Waals surface area contributed by atoms with Gasteiger partial charge in [0.2, 0.25) is 10.0 Å². The lowest BCUT2D eigenvalue weighted by molar-refractivity contribution is 0.325. The van der Waals surface area contributed by atoms with E-state index in [2.05, 4.69) is 32.9 Å². The van der Waals surface area contributed by atoms with Crippen LogP contribution >= 0.6 is 28.3 Å². The Hall–Kier alpha value is -0.340. The molecule has 0 radical (unpaired) electrons. The van der Waals surface area contributed by atoms with Crippen molar-refractivity contribution in [1.82, 2.24) is 10.0 Å². The van der Waals surface area contributed by atoms with Gasteiger partial charge in [-0.1, -0.05) is 22.9 Å². The van der Waals surface area contributed by atoms with Crippen molar-refractivity contribution in [3.05, 3.63) is 22.2 Å². The molecule has 2 N–H and O–H groups in total. The van der Waals surface area contributed by atoms with Crippen LogP contribution in [0.2, 0.25) is 0 Å². The number of fused-ring (bicyclic) bond motifs is 1. The highest BCUT2D eigenvalue weighted by atomic mass is 79.9. The Morgan fingerprint density at radius 1 is 1.41 bits per heavy atom. The van der Waals surface area contributed by atoms with Gasteiger partial charge in [-0.25, -0.2) is 13.1 Å². The first kappa shape index (κ1) is 18.0. The molecule has 0 aromatic heterocycles. The Morgan fingerprint density at radius 3 is 2.91 bits per heavy atom. The molecule has 1 fully saturated rings. The molecular weight excluding hydrogens is 392 g/mol.